The average Bonchev–Trinajstić information content (AvgIpc) is 3.35. The fraction of sp³-hybridized carbons (Fsp3) is 0.286. The van der Waals surface area contributed by atoms with Gasteiger partial charge in [-0.1, -0.05) is 75.4 Å². The molecule has 2 amide bonds. The molecule has 4 aromatic rings. The first-order valence-corrected chi connectivity index (χ1v) is 16.1. The molecular formula is C35H35N3O3S2. The minimum absolute atomic E-state index is 0.112. The van der Waals surface area contributed by atoms with Crippen molar-refractivity contribution in [2.24, 2.45) is 11.3 Å². The van der Waals surface area contributed by atoms with E-state index in [4.69, 9.17) is 4.74 Å². The SMILES string of the molecule is CC(C)(C)C1CCc2c(sc(NC(=O)C(Sc3cccc(NC(=O)COc4ccccc4)c3)c3ccccc3)c2C#N)C1. The molecule has 1 aromatic heterocycles. The van der Waals surface area contributed by atoms with Gasteiger partial charge in [-0.3, -0.25) is 9.59 Å². The van der Waals surface area contributed by atoms with Gasteiger partial charge < -0.3 is 15.4 Å². The summed E-state index contributed by atoms with van der Waals surface area (Å²) in [7, 11) is 0. The second kappa shape index (κ2) is 13.5. The Morgan fingerprint density at radius 3 is 2.44 bits per heavy atom. The topological polar surface area (TPSA) is 91.2 Å². The summed E-state index contributed by atoms with van der Waals surface area (Å²) in [6, 6.07) is 28.6. The third-order valence-corrected chi connectivity index (χ3v) is 10.1. The van der Waals surface area contributed by atoms with Crippen LogP contribution in [-0.4, -0.2) is 18.4 Å². The van der Waals surface area contributed by atoms with E-state index < -0.39 is 5.25 Å². The van der Waals surface area contributed by atoms with E-state index in [1.807, 2.05) is 72.8 Å². The zero-order valence-electron chi connectivity index (χ0n) is 24.6. The minimum Gasteiger partial charge on any atom is -0.484 e. The molecule has 1 aliphatic carbocycles. The lowest BCUT2D eigenvalue weighted by Crippen LogP contribution is -2.26. The van der Waals surface area contributed by atoms with E-state index in [0.717, 1.165) is 35.3 Å². The molecule has 43 heavy (non-hydrogen) atoms. The van der Waals surface area contributed by atoms with E-state index in [1.165, 1.54) is 16.6 Å². The van der Waals surface area contributed by atoms with Crippen molar-refractivity contribution < 1.29 is 14.3 Å². The van der Waals surface area contributed by atoms with Crippen LogP contribution in [0.1, 0.15) is 54.0 Å². The van der Waals surface area contributed by atoms with Crippen molar-refractivity contribution in [2.75, 3.05) is 17.2 Å². The van der Waals surface area contributed by atoms with E-state index >= 15 is 0 Å². The number of carbonyl (C=O) groups excluding carboxylic acids is 2. The number of thioether (sulfide) groups is 1. The predicted molar refractivity (Wildman–Crippen MR) is 175 cm³/mol. The Hall–Kier alpha value is -4.06. The van der Waals surface area contributed by atoms with Crippen LogP contribution in [0.2, 0.25) is 0 Å². The second-order valence-corrected chi connectivity index (χ2v) is 14.0. The number of amides is 2. The first-order valence-electron chi connectivity index (χ1n) is 14.4. The number of fused-ring (bicyclic) bond motifs is 1. The van der Waals surface area contributed by atoms with Crippen LogP contribution in [-0.2, 0) is 22.4 Å². The molecule has 0 bridgehead atoms. The Morgan fingerprint density at radius 2 is 1.74 bits per heavy atom. The lowest BCUT2D eigenvalue weighted by atomic mass is 9.72. The van der Waals surface area contributed by atoms with Gasteiger partial charge in [-0.15, -0.1) is 23.1 Å². The maximum Gasteiger partial charge on any atom is 0.262 e. The number of nitriles is 1. The number of anilines is 2. The zero-order valence-corrected chi connectivity index (χ0v) is 26.2. The number of thiophene rings is 1. The highest BCUT2D eigenvalue weighted by Gasteiger charge is 2.33. The van der Waals surface area contributed by atoms with Gasteiger partial charge in [0.1, 0.15) is 22.1 Å². The second-order valence-electron chi connectivity index (χ2n) is 11.7. The fourth-order valence-corrected chi connectivity index (χ4v) is 7.62. The molecule has 0 aliphatic heterocycles. The maximum atomic E-state index is 13.9. The van der Waals surface area contributed by atoms with Gasteiger partial charge in [-0.05, 0) is 72.1 Å². The maximum absolute atomic E-state index is 13.9. The van der Waals surface area contributed by atoms with Crippen LogP contribution in [0.5, 0.6) is 5.75 Å². The van der Waals surface area contributed by atoms with Crippen molar-refractivity contribution in [1.82, 2.24) is 0 Å². The Kier molecular flexibility index (Phi) is 9.54. The molecule has 220 valence electrons. The minimum atomic E-state index is -0.568. The molecule has 6 nitrogen and oxygen atoms in total. The standard InChI is InChI=1S/C35H35N3O3S2/c1-35(2,3)24-17-18-28-29(21-36)34(43-30(28)19-24)38-33(40)32(23-11-6-4-7-12-23)42-27-16-10-13-25(20-27)37-31(39)22-41-26-14-8-5-9-15-26/h4-16,20,24,32H,17-19,22H2,1-3H3,(H,37,39)(H,38,40). The van der Waals surface area contributed by atoms with Crippen molar-refractivity contribution in [3.05, 3.63) is 106 Å². The Balaban J connectivity index is 1.32. The summed E-state index contributed by atoms with van der Waals surface area (Å²) in [5.74, 6) is 0.699. The normalized spacial score (nSPS) is 15.1. The highest BCUT2D eigenvalue weighted by Crippen LogP contribution is 2.45. The highest BCUT2D eigenvalue weighted by atomic mass is 32.2. The third-order valence-electron chi connectivity index (χ3n) is 7.66. The summed E-state index contributed by atoms with van der Waals surface area (Å²) < 4.78 is 5.56. The molecule has 5 rings (SSSR count). The molecule has 8 heteroatoms. The molecule has 2 unspecified atom stereocenters. The van der Waals surface area contributed by atoms with Crippen LogP contribution in [0.3, 0.4) is 0 Å². The van der Waals surface area contributed by atoms with E-state index in [9.17, 15) is 14.9 Å². The van der Waals surface area contributed by atoms with Gasteiger partial charge in [0.05, 0.1) is 5.56 Å². The number of nitrogens with one attached hydrogen (secondary N) is 2. The summed E-state index contributed by atoms with van der Waals surface area (Å²) in [5.41, 5.74) is 3.34. The van der Waals surface area contributed by atoms with E-state index in [1.54, 1.807) is 23.5 Å². The molecule has 0 spiro atoms. The fourth-order valence-electron chi connectivity index (χ4n) is 5.26. The number of carbonyl (C=O) groups is 2. The first-order chi connectivity index (χ1) is 20.7. The van der Waals surface area contributed by atoms with E-state index in [2.05, 4.69) is 37.5 Å². The molecule has 2 atom stereocenters. The number of ether oxygens (including phenoxy) is 1. The quantitative estimate of drug-likeness (QED) is 0.186. The molecule has 1 aliphatic rings. The van der Waals surface area contributed by atoms with Gasteiger partial charge in [-0.2, -0.15) is 5.26 Å². The lowest BCUT2D eigenvalue weighted by molar-refractivity contribution is -0.118. The summed E-state index contributed by atoms with van der Waals surface area (Å²) in [6.07, 6.45) is 2.83. The van der Waals surface area contributed by atoms with Crippen molar-refractivity contribution in [2.45, 2.75) is 50.2 Å². The average molecular weight is 610 g/mol. The summed E-state index contributed by atoms with van der Waals surface area (Å²) in [6.45, 7) is 6.69. The van der Waals surface area contributed by atoms with Crippen LogP contribution >= 0.6 is 23.1 Å². The Bertz CT molecular complexity index is 1620. The monoisotopic (exact) mass is 609 g/mol. The molecular weight excluding hydrogens is 575 g/mol. The van der Waals surface area contributed by atoms with Crippen LogP contribution in [0.4, 0.5) is 10.7 Å². The third kappa shape index (κ3) is 7.67. The Morgan fingerprint density at radius 1 is 1.02 bits per heavy atom. The van der Waals surface area contributed by atoms with Crippen molar-refractivity contribution >= 4 is 45.6 Å². The molecule has 2 N–H and O–H groups in total. The molecule has 3 aromatic carbocycles. The molecule has 0 saturated carbocycles. The molecule has 0 saturated heterocycles. The van der Waals surface area contributed by atoms with Crippen LogP contribution in [0.25, 0.3) is 0 Å². The van der Waals surface area contributed by atoms with Crippen molar-refractivity contribution in [3.63, 3.8) is 0 Å². The smallest absolute Gasteiger partial charge is 0.262 e. The number of hydrogen-bond acceptors (Lipinski definition) is 6. The molecule has 0 radical (unpaired) electrons. The van der Waals surface area contributed by atoms with Gasteiger partial charge in [-0.25, -0.2) is 0 Å². The summed E-state index contributed by atoms with van der Waals surface area (Å²) in [5, 5.41) is 16.1. The van der Waals surface area contributed by atoms with Gasteiger partial charge in [0.15, 0.2) is 6.61 Å². The number of rotatable bonds is 9. The largest absolute Gasteiger partial charge is 0.484 e. The number of hydrogen-bond donors (Lipinski definition) is 2. The van der Waals surface area contributed by atoms with Gasteiger partial charge in [0.2, 0.25) is 5.91 Å². The van der Waals surface area contributed by atoms with Crippen molar-refractivity contribution in [1.29, 1.82) is 5.26 Å². The summed E-state index contributed by atoms with van der Waals surface area (Å²) in [4.78, 5) is 28.5. The molecule has 0 fully saturated rings. The number of para-hydroxylation sites is 1. The van der Waals surface area contributed by atoms with Crippen LogP contribution < -0.4 is 15.4 Å². The number of benzene rings is 3. The zero-order chi connectivity index (χ0) is 30.4. The molecule has 1 heterocycles. The number of nitrogens with zero attached hydrogens (tertiary/aromatic N) is 1. The van der Waals surface area contributed by atoms with Crippen molar-refractivity contribution in [3.8, 4) is 11.8 Å². The first kappa shape index (κ1) is 30.4. The van der Waals surface area contributed by atoms with E-state index in [-0.39, 0.29) is 23.8 Å². The van der Waals surface area contributed by atoms with Crippen LogP contribution in [0, 0.1) is 22.7 Å². The van der Waals surface area contributed by atoms with Gasteiger partial charge >= 0.3 is 0 Å². The highest BCUT2D eigenvalue weighted by molar-refractivity contribution is 8.00. The predicted octanol–water partition coefficient (Wildman–Crippen LogP) is 8.26. The van der Waals surface area contributed by atoms with Gasteiger partial charge in [0.25, 0.3) is 5.91 Å². The van der Waals surface area contributed by atoms with Gasteiger partial charge in [0, 0.05) is 15.5 Å². The lowest BCUT2D eigenvalue weighted by Gasteiger charge is -2.33. The Labute approximate surface area is 261 Å². The van der Waals surface area contributed by atoms with Crippen LogP contribution in [0.15, 0.2) is 89.8 Å². The van der Waals surface area contributed by atoms with E-state index in [0.29, 0.717) is 27.9 Å². The summed E-state index contributed by atoms with van der Waals surface area (Å²) >= 11 is 2.94.